The number of carbonyl (C=O) groups excluding carboxylic acids is 2. The van der Waals surface area contributed by atoms with Crippen molar-refractivity contribution in [2.75, 3.05) is 13.7 Å². The minimum atomic E-state index is -0.500. The number of rotatable bonds is 7. The zero-order valence-electron chi connectivity index (χ0n) is 19.8. The molecule has 1 aliphatic heterocycles. The van der Waals surface area contributed by atoms with Gasteiger partial charge in [0.15, 0.2) is 10.9 Å². The second-order valence-electron chi connectivity index (χ2n) is 8.61. The molecular formula is C26H28N2O5S. The molecule has 3 aromatic rings. The summed E-state index contributed by atoms with van der Waals surface area (Å²) < 4.78 is 12.2. The van der Waals surface area contributed by atoms with Crippen LogP contribution in [0.1, 0.15) is 51.6 Å². The first-order valence-electron chi connectivity index (χ1n) is 11.3. The summed E-state index contributed by atoms with van der Waals surface area (Å²) in [5.41, 5.74) is 3.08. The Balaban J connectivity index is 1.76. The second kappa shape index (κ2) is 10.1. The summed E-state index contributed by atoms with van der Waals surface area (Å²) >= 11 is 1.25. The number of carbonyl (C=O) groups is 2. The Morgan fingerprint density at radius 1 is 1.24 bits per heavy atom. The highest BCUT2D eigenvalue weighted by molar-refractivity contribution is 8.00. The normalized spacial score (nSPS) is 16.5. The average Bonchev–Trinajstić information content (AvgIpc) is 3.35. The molecule has 0 spiro atoms. The quantitative estimate of drug-likeness (QED) is 0.215. The first kappa shape index (κ1) is 24.2. The maximum Gasteiger partial charge on any atom is 0.337 e. The first-order valence-corrected chi connectivity index (χ1v) is 12.2. The third-order valence-corrected chi connectivity index (χ3v) is 7.15. The number of ether oxygens (including phenoxy) is 2. The highest BCUT2D eigenvalue weighted by atomic mass is 32.2. The van der Waals surface area contributed by atoms with Crippen LogP contribution in [0.3, 0.4) is 0 Å². The van der Waals surface area contributed by atoms with E-state index in [0.717, 1.165) is 24.0 Å². The van der Waals surface area contributed by atoms with Crippen LogP contribution in [-0.4, -0.2) is 46.4 Å². The molecule has 1 fully saturated rings. The van der Waals surface area contributed by atoms with Crippen LogP contribution in [0.15, 0.2) is 46.3 Å². The number of hydrogen-bond acceptors (Lipinski definition) is 7. The van der Waals surface area contributed by atoms with E-state index in [0.29, 0.717) is 40.3 Å². The van der Waals surface area contributed by atoms with Crippen molar-refractivity contribution in [3.63, 3.8) is 0 Å². The maximum absolute atomic E-state index is 13.5. The topological polar surface area (TPSA) is 87.5 Å². The molecule has 0 saturated carbocycles. The van der Waals surface area contributed by atoms with E-state index in [2.05, 4.69) is 0 Å². The standard InChI is InChI=1S/C26H28N2O5S/c1-15-7-8-16(2)21(12-15)23(29)17(3)34-26-27-22-13-18(25(31)32-4)9-10-20(22)24(30)28(26)14-19-6-5-11-33-19/h7-10,12-13,17,19H,5-6,11,14H2,1-4H3. The molecule has 0 radical (unpaired) electrons. The highest BCUT2D eigenvalue weighted by Crippen LogP contribution is 2.28. The molecule has 2 aromatic carbocycles. The molecule has 1 aliphatic rings. The zero-order valence-corrected chi connectivity index (χ0v) is 20.6. The van der Waals surface area contributed by atoms with Crippen LogP contribution in [0.5, 0.6) is 0 Å². The van der Waals surface area contributed by atoms with Crippen LogP contribution in [0.2, 0.25) is 0 Å². The van der Waals surface area contributed by atoms with Gasteiger partial charge in [0.1, 0.15) is 0 Å². The number of nitrogens with zero attached hydrogens (tertiary/aromatic N) is 2. The Hall–Kier alpha value is -2.97. The van der Waals surface area contributed by atoms with E-state index in [1.54, 1.807) is 22.8 Å². The number of ketones is 1. The second-order valence-corrected chi connectivity index (χ2v) is 9.92. The highest BCUT2D eigenvalue weighted by Gasteiger charge is 2.25. The van der Waals surface area contributed by atoms with E-state index < -0.39 is 11.2 Å². The Labute approximate surface area is 202 Å². The van der Waals surface area contributed by atoms with E-state index in [4.69, 9.17) is 14.5 Å². The van der Waals surface area contributed by atoms with Crippen molar-refractivity contribution in [2.45, 2.75) is 56.7 Å². The average molecular weight is 481 g/mol. The minimum Gasteiger partial charge on any atom is -0.465 e. The van der Waals surface area contributed by atoms with Crippen LogP contribution >= 0.6 is 11.8 Å². The van der Waals surface area contributed by atoms with Crippen molar-refractivity contribution in [2.24, 2.45) is 0 Å². The molecule has 8 heteroatoms. The van der Waals surface area contributed by atoms with Crippen LogP contribution in [0, 0.1) is 13.8 Å². The maximum atomic E-state index is 13.5. The van der Waals surface area contributed by atoms with Crippen LogP contribution in [-0.2, 0) is 16.0 Å². The molecule has 1 aromatic heterocycles. The van der Waals surface area contributed by atoms with Crippen molar-refractivity contribution < 1.29 is 19.1 Å². The minimum absolute atomic E-state index is 0.0208. The fourth-order valence-corrected chi connectivity index (χ4v) is 5.11. The molecule has 2 heterocycles. The molecule has 0 amide bonds. The Morgan fingerprint density at radius 2 is 2.03 bits per heavy atom. The zero-order chi connectivity index (χ0) is 24.4. The smallest absolute Gasteiger partial charge is 0.337 e. The van der Waals surface area contributed by atoms with Crippen molar-refractivity contribution >= 4 is 34.4 Å². The van der Waals surface area contributed by atoms with Gasteiger partial charge >= 0.3 is 5.97 Å². The van der Waals surface area contributed by atoms with E-state index in [1.165, 1.54) is 18.9 Å². The summed E-state index contributed by atoms with van der Waals surface area (Å²) in [5.74, 6) is -0.521. The van der Waals surface area contributed by atoms with Crippen LogP contribution in [0.4, 0.5) is 0 Å². The number of fused-ring (bicyclic) bond motifs is 1. The summed E-state index contributed by atoms with van der Waals surface area (Å²) in [5, 5.41) is 0.370. The number of benzene rings is 2. The van der Waals surface area contributed by atoms with E-state index in [1.807, 2.05) is 39.0 Å². The third-order valence-electron chi connectivity index (χ3n) is 6.06. The molecule has 0 N–H and O–H groups in total. The van der Waals surface area contributed by atoms with Gasteiger partial charge in [-0.1, -0.05) is 29.5 Å². The number of aryl methyl sites for hydroxylation is 2. The number of hydrogen-bond donors (Lipinski definition) is 0. The Kier molecular flexibility index (Phi) is 7.19. The van der Waals surface area contributed by atoms with E-state index in [-0.39, 0.29) is 17.4 Å². The number of Topliss-reactive ketones (excluding diaryl/α,β-unsaturated/α-hetero) is 1. The fraction of sp³-hybridized carbons (Fsp3) is 0.385. The van der Waals surface area contributed by atoms with Gasteiger partial charge in [-0.25, -0.2) is 9.78 Å². The fourth-order valence-electron chi connectivity index (χ4n) is 4.12. The Bertz CT molecular complexity index is 1310. The van der Waals surface area contributed by atoms with Crippen molar-refractivity contribution in [3.05, 3.63) is 69.0 Å². The predicted octanol–water partition coefficient (Wildman–Crippen LogP) is 4.34. The number of aromatic nitrogens is 2. The van der Waals surface area contributed by atoms with Gasteiger partial charge in [-0.3, -0.25) is 14.2 Å². The monoisotopic (exact) mass is 480 g/mol. The SMILES string of the molecule is COC(=O)c1ccc2c(=O)n(CC3CCCO3)c(SC(C)C(=O)c3cc(C)ccc3C)nc2c1. The van der Waals surface area contributed by atoms with Crippen LogP contribution in [0.25, 0.3) is 10.9 Å². The Morgan fingerprint density at radius 3 is 2.74 bits per heavy atom. The molecule has 2 unspecified atom stereocenters. The molecule has 2 atom stereocenters. The molecule has 34 heavy (non-hydrogen) atoms. The molecule has 0 aliphatic carbocycles. The largest absolute Gasteiger partial charge is 0.465 e. The summed E-state index contributed by atoms with van der Waals surface area (Å²) in [6.45, 7) is 6.74. The summed E-state index contributed by atoms with van der Waals surface area (Å²) in [6, 6.07) is 10.5. The third kappa shape index (κ3) is 4.93. The predicted molar refractivity (Wildman–Crippen MR) is 132 cm³/mol. The molecule has 1 saturated heterocycles. The summed E-state index contributed by atoms with van der Waals surface area (Å²) in [7, 11) is 1.31. The first-order chi connectivity index (χ1) is 16.3. The van der Waals surface area contributed by atoms with E-state index >= 15 is 0 Å². The van der Waals surface area contributed by atoms with Gasteiger partial charge in [-0.05, 0) is 63.4 Å². The molecule has 0 bridgehead atoms. The van der Waals surface area contributed by atoms with Gasteiger partial charge in [0.25, 0.3) is 5.56 Å². The van der Waals surface area contributed by atoms with Gasteiger partial charge in [0.05, 0.1) is 41.5 Å². The summed E-state index contributed by atoms with van der Waals surface area (Å²) in [6.07, 6.45) is 1.75. The molecular weight excluding hydrogens is 452 g/mol. The lowest BCUT2D eigenvalue weighted by atomic mass is 10.0. The summed E-state index contributed by atoms with van der Waals surface area (Å²) in [4.78, 5) is 43.5. The van der Waals surface area contributed by atoms with Gasteiger partial charge in [0.2, 0.25) is 0 Å². The van der Waals surface area contributed by atoms with Crippen molar-refractivity contribution in [1.82, 2.24) is 9.55 Å². The molecule has 4 rings (SSSR count). The van der Waals surface area contributed by atoms with Gasteiger partial charge in [-0.15, -0.1) is 0 Å². The van der Waals surface area contributed by atoms with Gasteiger partial charge in [-0.2, -0.15) is 0 Å². The van der Waals surface area contributed by atoms with Gasteiger partial charge < -0.3 is 9.47 Å². The van der Waals surface area contributed by atoms with E-state index in [9.17, 15) is 14.4 Å². The van der Waals surface area contributed by atoms with Crippen molar-refractivity contribution in [1.29, 1.82) is 0 Å². The number of esters is 1. The lowest BCUT2D eigenvalue weighted by Gasteiger charge is -2.19. The lowest BCUT2D eigenvalue weighted by Crippen LogP contribution is -2.30. The molecule has 7 nitrogen and oxygen atoms in total. The number of thioether (sulfide) groups is 1. The lowest BCUT2D eigenvalue weighted by molar-refractivity contribution is 0.0600. The van der Waals surface area contributed by atoms with Crippen molar-refractivity contribution in [3.8, 4) is 0 Å². The number of methoxy groups -OCH3 is 1. The van der Waals surface area contributed by atoms with Crippen LogP contribution < -0.4 is 5.56 Å². The van der Waals surface area contributed by atoms with Gasteiger partial charge in [0, 0.05) is 12.2 Å². The molecule has 178 valence electrons.